The van der Waals surface area contributed by atoms with Gasteiger partial charge in [0.05, 0.1) is 4.92 Å². The van der Waals surface area contributed by atoms with Gasteiger partial charge in [-0.15, -0.1) is 17.0 Å². The molecule has 1 aromatic rings. The van der Waals surface area contributed by atoms with Crippen molar-refractivity contribution in [2.24, 2.45) is 0 Å². The molecule has 0 radical (unpaired) electrons. The van der Waals surface area contributed by atoms with Crippen molar-refractivity contribution < 1.29 is 9.31 Å². The molecule has 0 aliphatic rings. The van der Waals surface area contributed by atoms with E-state index in [-0.39, 0.29) is 22.7 Å². The fourth-order valence-corrected chi connectivity index (χ4v) is 0.563. The molecule has 11 heavy (non-hydrogen) atoms. The maximum Gasteiger partial charge on any atom is 0.269 e. The van der Waals surface area contributed by atoms with Crippen molar-refractivity contribution in [3.8, 4) is 0 Å². The van der Waals surface area contributed by atoms with Gasteiger partial charge < -0.3 is 0 Å². The number of hydrogen-bond donors (Lipinski definition) is 0. The van der Waals surface area contributed by atoms with Gasteiger partial charge in [0.2, 0.25) is 0 Å². The molecule has 0 unspecified atom stereocenters. The molecule has 5 heteroatoms. The Morgan fingerprint density at radius 2 is 1.73 bits per heavy atom. The molecule has 0 heterocycles. The molecule has 0 aliphatic heterocycles. The van der Waals surface area contributed by atoms with Crippen LogP contribution in [0.3, 0.4) is 0 Å². The summed E-state index contributed by atoms with van der Waals surface area (Å²) in [4.78, 5) is 9.43. The summed E-state index contributed by atoms with van der Waals surface area (Å²) in [6.45, 7) is 0. The first kappa shape index (κ1) is 10.0. The molecule has 0 bridgehead atoms. The third-order valence-corrected chi connectivity index (χ3v) is 1.04. The van der Waals surface area contributed by atoms with Crippen molar-refractivity contribution in [3.63, 3.8) is 0 Å². The molecule has 1 rings (SSSR count). The first-order valence-electron chi connectivity index (χ1n) is 2.60. The number of hydrogen-bond acceptors (Lipinski definition) is 2. The summed E-state index contributed by atoms with van der Waals surface area (Å²) in [6, 6.07) is 4.35. The van der Waals surface area contributed by atoms with Crippen molar-refractivity contribution in [3.05, 3.63) is 40.2 Å². The molecule has 3 nitrogen and oxygen atoms in total. The third kappa shape index (κ3) is 2.63. The van der Waals surface area contributed by atoms with Gasteiger partial charge in [-0.05, 0) is 12.1 Å². The first-order chi connectivity index (χ1) is 4.70. The number of halogens is 2. The van der Waals surface area contributed by atoms with Gasteiger partial charge in [-0.25, -0.2) is 4.39 Å². The zero-order chi connectivity index (χ0) is 7.56. The minimum absolute atomic E-state index is 0. The van der Waals surface area contributed by atoms with E-state index >= 15 is 0 Å². The molecule has 0 fully saturated rings. The van der Waals surface area contributed by atoms with Crippen molar-refractivity contribution in [2.45, 2.75) is 0 Å². The van der Waals surface area contributed by atoms with Gasteiger partial charge in [0.15, 0.2) is 0 Å². The molecular formula is C6H5BrFNO2. The van der Waals surface area contributed by atoms with Gasteiger partial charge in [0.25, 0.3) is 5.69 Å². The summed E-state index contributed by atoms with van der Waals surface area (Å²) in [5.74, 6) is -0.467. The topological polar surface area (TPSA) is 43.1 Å². The van der Waals surface area contributed by atoms with E-state index < -0.39 is 10.7 Å². The van der Waals surface area contributed by atoms with Crippen LogP contribution in [0.25, 0.3) is 0 Å². The molecule has 0 spiro atoms. The molecule has 0 N–H and O–H groups in total. The second-order valence-corrected chi connectivity index (χ2v) is 1.73. The second kappa shape index (κ2) is 4.02. The Bertz CT molecular complexity index is 249. The smallest absolute Gasteiger partial charge is 0.258 e. The summed E-state index contributed by atoms with van der Waals surface area (Å²) in [5.41, 5.74) is -0.0959. The lowest BCUT2D eigenvalue weighted by atomic mass is 10.3. The van der Waals surface area contributed by atoms with Crippen molar-refractivity contribution in [1.82, 2.24) is 0 Å². The molecule has 60 valence electrons. The Labute approximate surface area is 72.8 Å². The van der Waals surface area contributed by atoms with Crippen LogP contribution < -0.4 is 0 Å². The maximum atomic E-state index is 12.1. The fraction of sp³-hybridized carbons (Fsp3) is 0. The quantitative estimate of drug-likeness (QED) is 0.540. The fourth-order valence-electron chi connectivity index (χ4n) is 0.563. The van der Waals surface area contributed by atoms with Crippen LogP contribution in [0.5, 0.6) is 0 Å². The van der Waals surface area contributed by atoms with E-state index in [2.05, 4.69) is 0 Å². The maximum absolute atomic E-state index is 12.1. The predicted molar refractivity (Wildman–Crippen MR) is 43.4 cm³/mol. The SMILES string of the molecule is Br.O=[N+]([O-])c1ccc(F)cc1. The average molecular weight is 222 g/mol. The van der Waals surface area contributed by atoms with Crippen LogP contribution in [0.4, 0.5) is 10.1 Å². The highest BCUT2D eigenvalue weighted by Crippen LogP contribution is 2.09. The van der Waals surface area contributed by atoms with E-state index in [1.165, 1.54) is 0 Å². The van der Waals surface area contributed by atoms with E-state index in [9.17, 15) is 14.5 Å². The minimum Gasteiger partial charge on any atom is -0.258 e. The third-order valence-electron chi connectivity index (χ3n) is 1.04. The van der Waals surface area contributed by atoms with Crippen LogP contribution in [-0.2, 0) is 0 Å². The minimum atomic E-state index is -0.570. The van der Waals surface area contributed by atoms with Gasteiger partial charge in [0.1, 0.15) is 5.82 Å². The van der Waals surface area contributed by atoms with Crippen molar-refractivity contribution in [2.75, 3.05) is 0 Å². The van der Waals surface area contributed by atoms with Gasteiger partial charge in [-0.1, -0.05) is 0 Å². The normalized spacial score (nSPS) is 8.45. The Morgan fingerprint density at radius 3 is 2.09 bits per heavy atom. The lowest BCUT2D eigenvalue weighted by Gasteiger charge is -1.87. The largest absolute Gasteiger partial charge is 0.269 e. The van der Waals surface area contributed by atoms with Gasteiger partial charge >= 0.3 is 0 Å². The summed E-state index contributed by atoms with van der Waals surface area (Å²) >= 11 is 0. The number of nitrogens with zero attached hydrogens (tertiary/aromatic N) is 1. The van der Waals surface area contributed by atoms with Crippen LogP contribution in [0.1, 0.15) is 0 Å². The number of benzene rings is 1. The Balaban J connectivity index is 0.000001000. The highest BCUT2D eigenvalue weighted by atomic mass is 79.9. The monoisotopic (exact) mass is 221 g/mol. The second-order valence-electron chi connectivity index (χ2n) is 1.73. The summed E-state index contributed by atoms with van der Waals surface area (Å²) in [6.07, 6.45) is 0. The molecule has 0 atom stereocenters. The lowest BCUT2D eigenvalue weighted by molar-refractivity contribution is -0.384. The molecule has 0 saturated carbocycles. The Hall–Kier alpha value is -0.970. The molecular weight excluding hydrogens is 217 g/mol. The van der Waals surface area contributed by atoms with E-state index in [1.807, 2.05) is 0 Å². The number of nitro groups is 1. The Morgan fingerprint density at radius 1 is 1.27 bits per heavy atom. The molecule has 0 aromatic heterocycles. The summed E-state index contributed by atoms with van der Waals surface area (Å²) < 4.78 is 12.1. The zero-order valence-corrected chi connectivity index (χ0v) is 7.07. The van der Waals surface area contributed by atoms with Crippen molar-refractivity contribution in [1.29, 1.82) is 0 Å². The molecule has 0 amide bonds. The van der Waals surface area contributed by atoms with Crippen LogP contribution in [0, 0.1) is 15.9 Å². The molecule has 1 aromatic carbocycles. The van der Waals surface area contributed by atoms with Crippen molar-refractivity contribution >= 4 is 22.7 Å². The standard InChI is InChI=1S/C6H4FNO2.BrH/c7-5-1-3-6(4-2-5)8(9)10;/h1-4H;1H. The van der Waals surface area contributed by atoms with Gasteiger partial charge in [0, 0.05) is 12.1 Å². The van der Waals surface area contributed by atoms with E-state index in [4.69, 9.17) is 0 Å². The number of non-ortho nitro benzene ring substituents is 1. The van der Waals surface area contributed by atoms with E-state index in [1.54, 1.807) is 0 Å². The number of rotatable bonds is 1. The van der Waals surface area contributed by atoms with E-state index in [0.29, 0.717) is 0 Å². The van der Waals surface area contributed by atoms with Crippen LogP contribution in [0.15, 0.2) is 24.3 Å². The van der Waals surface area contributed by atoms with Crippen LogP contribution in [-0.4, -0.2) is 4.92 Å². The highest BCUT2D eigenvalue weighted by molar-refractivity contribution is 8.93. The van der Waals surface area contributed by atoms with Gasteiger partial charge in [-0.3, -0.25) is 10.1 Å². The summed E-state index contributed by atoms with van der Waals surface area (Å²) in [7, 11) is 0. The lowest BCUT2D eigenvalue weighted by Crippen LogP contribution is -1.86. The van der Waals surface area contributed by atoms with Gasteiger partial charge in [-0.2, -0.15) is 0 Å². The first-order valence-corrected chi connectivity index (χ1v) is 2.60. The number of nitro benzene ring substituents is 1. The predicted octanol–water partition coefficient (Wildman–Crippen LogP) is 2.31. The average Bonchev–Trinajstić information content (AvgIpc) is 1.88. The van der Waals surface area contributed by atoms with Crippen LogP contribution in [0.2, 0.25) is 0 Å². The molecule has 0 aliphatic carbocycles. The molecule has 0 saturated heterocycles. The Kier molecular flexibility index (Phi) is 3.67. The zero-order valence-electron chi connectivity index (χ0n) is 5.36. The highest BCUT2D eigenvalue weighted by Gasteiger charge is 2.01. The van der Waals surface area contributed by atoms with E-state index in [0.717, 1.165) is 24.3 Å². The van der Waals surface area contributed by atoms with Crippen LogP contribution >= 0.6 is 17.0 Å². The summed E-state index contributed by atoms with van der Waals surface area (Å²) in [5, 5.41) is 10.00.